The standard InChI is InChI=1S/C10H9F2N3S/c1-2-15-9(13-14-10(15)16)6-4-3-5-7(11)8(6)12/h3-5H,2H2,1H3,(H,14,16). The second-order valence-corrected chi connectivity index (χ2v) is 3.58. The molecule has 0 saturated heterocycles. The highest BCUT2D eigenvalue weighted by atomic mass is 32.1. The van der Waals surface area contributed by atoms with Crippen LogP contribution < -0.4 is 0 Å². The van der Waals surface area contributed by atoms with Crippen molar-refractivity contribution in [1.29, 1.82) is 0 Å². The molecule has 0 unspecified atom stereocenters. The van der Waals surface area contributed by atoms with Crippen LogP contribution in [0.4, 0.5) is 8.78 Å². The second kappa shape index (κ2) is 4.13. The first kappa shape index (κ1) is 10.9. The van der Waals surface area contributed by atoms with Crippen LogP contribution in [0, 0.1) is 16.4 Å². The van der Waals surface area contributed by atoms with Gasteiger partial charge in [-0.1, -0.05) is 6.07 Å². The molecule has 0 amide bonds. The van der Waals surface area contributed by atoms with Crippen LogP contribution in [-0.2, 0) is 6.54 Å². The van der Waals surface area contributed by atoms with E-state index < -0.39 is 11.6 Å². The summed E-state index contributed by atoms with van der Waals surface area (Å²) in [6.45, 7) is 2.40. The minimum Gasteiger partial charge on any atom is -0.300 e. The molecule has 1 aromatic heterocycles. The fourth-order valence-electron chi connectivity index (χ4n) is 1.49. The van der Waals surface area contributed by atoms with Gasteiger partial charge in [-0.2, -0.15) is 5.10 Å². The summed E-state index contributed by atoms with van der Waals surface area (Å²) in [6, 6.07) is 3.97. The van der Waals surface area contributed by atoms with Crippen molar-refractivity contribution in [2.75, 3.05) is 0 Å². The van der Waals surface area contributed by atoms with Gasteiger partial charge in [-0.05, 0) is 31.3 Å². The Labute approximate surface area is 95.7 Å². The maximum Gasteiger partial charge on any atom is 0.195 e. The van der Waals surface area contributed by atoms with E-state index in [1.807, 2.05) is 6.92 Å². The van der Waals surface area contributed by atoms with Gasteiger partial charge in [-0.3, -0.25) is 5.10 Å². The van der Waals surface area contributed by atoms with Gasteiger partial charge in [-0.25, -0.2) is 8.78 Å². The highest BCUT2D eigenvalue weighted by Gasteiger charge is 2.14. The minimum absolute atomic E-state index is 0.106. The van der Waals surface area contributed by atoms with Crippen LogP contribution in [0.3, 0.4) is 0 Å². The maximum absolute atomic E-state index is 13.5. The molecule has 1 heterocycles. The molecule has 0 aliphatic carbocycles. The van der Waals surface area contributed by atoms with Gasteiger partial charge < -0.3 is 4.57 Å². The van der Waals surface area contributed by atoms with E-state index >= 15 is 0 Å². The number of aromatic amines is 1. The summed E-state index contributed by atoms with van der Waals surface area (Å²) in [6.07, 6.45) is 0. The van der Waals surface area contributed by atoms with Crippen molar-refractivity contribution in [3.63, 3.8) is 0 Å². The van der Waals surface area contributed by atoms with E-state index in [0.29, 0.717) is 17.1 Å². The molecule has 6 heteroatoms. The lowest BCUT2D eigenvalue weighted by Gasteiger charge is -2.04. The van der Waals surface area contributed by atoms with Crippen LogP contribution >= 0.6 is 12.2 Å². The molecule has 0 aliphatic rings. The first-order valence-electron chi connectivity index (χ1n) is 4.74. The Morgan fingerprint density at radius 1 is 1.44 bits per heavy atom. The molecule has 1 aromatic carbocycles. The molecule has 0 saturated carbocycles. The summed E-state index contributed by atoms with van der Waals surface area (Å²) < 4.78 is 28.6. The molecule has 84 valence electrons. The van der Waals surface area contributed by atoms with Gasteiger partial charge in [-0.15, -0.1) is 0 Å². The highest BCUT2D eigenvalue weighted by molar-refractivity contribution is 7.71. The zero-order chi connectivity index (χ0) is 11.7. The van der Waals surface area contributed by atoms with Gasteiger partial charge in [0.15, 0.2) is 22.2 Å². The lowest BCUT2D eigenvalue weighted by molar-refractivity contribution is 0.510. The number of hydrogen-bond donors (Lipinski definition) is 1. The largest absolute Gasteiger partial charge is 0.300 e. The van der Waals surface area contributed by atoms with E-state index in [1.165, 1.54) is 12.1 Å². The van der Waals surface area contributed by atoms with E-state index in [4.69, 9.17) is 12.2 Å². The zero-order valence-electron chi connectivity index (χ0n) is 8.50. The van der Waals surface area contributed by atoms with Gasteiger partial charge >= 0.3 is 0 Å². The van der Waals surface area contributed by atoms with Crippen LogP contribution in [0.5, 0.6) is 0 Å². The Morgan fingerprint density at radius 3 is 2.88 bits per heavy atom. The highest BCUT2D eigenvalue weighted by Crippen LogP contribution is 2.22. The Hall–Kier alpha value is -1.56. The lowest BCUT2D eigenvalue weighted by Crippen LogP contribution is -2.00. The molecule has 0 aliphatic heterocycles. The topological polar surface area (TPSA) is 33.6 Å². The van der Waals surface area contributed by atoms with Crippen LogP contribution in [-0.4, -0.2) is 14.8 Å². The van der Waals surface area contributed by atoms with Crippen LogP contribution in [0.25, 0.3) is 11.4 Å². The molecular formula is C10H9F2N3S. The van der Waals surface area contributed by atoms with Crippen LogP contribution in [0.2, 0.25) is 0 Å². The monoisotopic (exact) mass is 241 g/mol. The summed E-state index contributed by atoms with van der Waals surface area (Å²) in [7, 11) is 0. The molecular weight excluding hydrogens is 232 g/mol. The van der Waals surface area contributed by atoms with E-state index in [9.17, 15) is 8.78 Å². The Kier molecular flexibility index (Phi) is 2.82. The van der Waals surface area contributed by atoms with E-state index in [-0.39, 0.29) is 5.56 Å². The summed E-state index contributed by atoms with van der Waals surface area (Å²) >= 11 is 4.98. The number of rotatable bonds is 2. The first-order valence-corrected chi connectivity index (χ1v) is 5.15. The molecule has 0 fully saturated rings. The molecule has 16 heavy (non-hydrogen) atoms. The summed E-state index contributed by atoms with van der Waals surface area (Å²) in [5.74, 6) is -1.50. The maximum atomic E-state index is 13.5. The van der Waals surface area contributed by atoms with Crippen molar-refractivity contribution in [3.8, 4) is 11.4 Å². The van der Waals surface area contributed by atoms with Crippen LogP contribution in [0.1, 0.15) is 6.92 Å². The number of nitrogens with zero attached hydrogens (tertiary/aromatic N) is 2. The number of H-pyrrole nitrogens is 1. The van der Waals surface area contributed by atoms with Gasteiger partial charge in [0, 0.05) is 6.54 Å². The Morgan fingerprint density at radius 2 is 2.19 bits per heavy atom. The summed E-state index contributed by atoms with van der Waals surface area (Å²) in [5.41, 5.74) is 0.106. The predicted octanol–water partition coefficient (Wildman–Crippen LogP) is 2.91. The molecule has 2 aromatic rings. The lowest BCUT2D eigenvalue weighted by atomic mass is 10.2. The third-order valence-corrected chi connectivity index (χ3v) is 2.58. The van der Waals surface area contributed by atoms with Crippen molar-refractivity contribution in [2.45, 2.75) is 13.5 Å². The minimum atomic E-state index is -0.911. The second-order valence-electron chi connectivity index (χ2n) is 3.20. The van der Waals surface area contributed by atoms with E-state index in [2.05, 4.69) is 10.2 Å². The van der Waals surface area contributed by atoms with E-state index in [1.54, 1.807) is 4.57 Å². The normalized spacial score (nSPS) is 10.7. The summed E-state index contributed by atoms with van der Waals surface area (Å²) in [4.78, 5) is 0. The number of aromatic nitrogens is 3. The van der Waals surface area contributed by atoms with Crippen molar-refractivity contribution in [1.82, 2.24) is 14.8 Å². The molecule has 0 atom stereocenters. The smallest absolute Gasteiger partial charge is 0.195 e. The van der Waals surface area contributed by atoms with Crippen molar-refractivity contribution in [3.05, 3.63) is 34.6 Å². The first-order chi connectivity index (χ1) is 7.65. The molecule has 1 N–H and O–H groups in total. The average Bonchev–Trinajstić information content (AvgIpc) is 2.63. The number of benzene rings is 1. The number of hydrogen-bond acceptors (Lipinski definition) is 2. The molecule has 3 nitrogen and oxygen atoms in total. The average molecular weight is 241 g/mol. The zero-order valence-corrected chi connectivity index (χ0v) is 9.31. The third kappa shape index (κ3) is 1.65. The molecule has 0 radical (unpaired) electrons. The van der Waals surface area contributed by atoms with Crippen molar-refractivity contribution < 1.29 is 8.78 Å². The van der Waals surface area contributed by atoms with E-state index in [0.717, 1.165) is 6.07 Å². The molecule has 0 bridgehead atoms. The van der Waals surface area contributed by atoms with Gasteiger partial charge in [0.2, 0.25) is 0 Å². The number of nitrogens with one attached hydrogen (secondary N) is 1. The summed E-state index contributed by atoms with van der Waals surface area (Å²) in [5, 5.41) is 6.46. The van der Waals surface area contributed by atoms with Crippen molar-refractivity contribution >= 4 is 12.2 Å². The quantitative estimate of drug-likeness (QED) is 0.820. The SMILES string of the molecule is CCn1c(-c2cccc(F)c2F)n[nH]c1=S. The van der Waals surface area contributed by atoms with Gasteiger partial charge in [0.25, 0.3) is 0 Å². The Bertz CT molecular complexity index is 574. The molecule has 2 rings (SSSR count). The van der Waals surface area contributed by atoms with Gasteiger partial charge in [0.05, 0.1) is 5.56 Å². The third-order valence-electron chi connectivity index (χ3n) is 2.27. The predicted molar refractivity (Wildman–Crippen MR) is 58.4 cm³/mol. The van der Waals surface area contributed by atoms with Crippen LogP contribution in [0.15, 0.2) is 18.2 Å². The Balaban J connectivity index is 2.68. The fourth-order valence-corrected chi connectivity index (χ4v) is 1.75. The number of halogens is 2. The fraction of sp³-hybridized carbons (Fsp3) is 0.200. The molecule has 0 spiro atoms. The van der Waals surface area contributed by atoms with Crippen molar-refractivity contribution in [2.24, 2.45) is 0 Å². The van der Waals surface area contributed by atoms with Gasteiger partial charge in [0.1, 0.15) is 0 Å².